The number of benzene rings is 2. The highest BCUT2D eigenvalue weighted by molar-refractivity contribution is 6.02. The largest absolute Gasteiger partial charge is 0.497 e. The minimum atomic E-state index is -1.29. The van der Waals surface area contributed by atoms with Gasteiger partial charge in [-0.2, -0.15) is 10.5 Å². The predicted octanol–water partition coefficient (Wildman–Crippen LogP) is 3.33. The fourth-order valence-electron chi connectivity index (χ4n) is 3.10. The molecule has 0 aliphatic heterocycles. The summed E-state index contributed by atoms with van der Waals surface area (Å²) in [4.78, 5) is 12.7. The van der Waals surface area contributed by atoms with Crippen molar-refractivity contribution in [1.82, 2.24) is 0 Å². The summed E-state index contributed by atoms with van der Waals surface area (Å²) in [6, 6.07) is 20.1. The molecule has 0 bridgehead atoms. The summed E-state index contributed by atoms with van der Waals surface area (Å²) >= 11 is 0. The second-order valence-electron chi connectivity index (χ2n) is 5.55. The number of nitrogens with zero attached hydrogens (tertiary/aromatic N) is 2. The number of Topliss-reactive ketones (excluding diaryl/α,β-unsaturated/α-hetero) is 1. The van der Waals surface area contributed by atoms with Gasteiger partial charge in [0.15, 0.2) is 11.2 Å². The van der Waals surface area contributed by atoms with Gasteiger partial charge in [0.05, 0.1) is 25.2 Å². The Morgan fingerprint density at radius 2 is 1.65 bits per heavy atom. The van der Waals surface area contributed by atoms with Gasteiger partial charge in [-0.25, -0.2) is 0 Å². The number of hydrogen-bond donors (Lipinski definition) is 0. The highest BCUT2D eigenvalue weighted by atomic mass is 16.5. The monoisotopic (exact) mass is 302 g/mol. The van der Waals surface area contributed by atoms with Crippen molar-refractivity contribution in [3.05, 3.63) is 65.7 Å². The van der Waals surface area contributed by atoms with Crippen molar-refractivity contribution in [2.75, 3.05) is 7.11 Å². The number of ether oxygens (including phenoxy) is 1. The second kappa shape index (κ2) is 5.59. The van der Waals surface area contributed by atoms with Crippen molar-refractivity contribution in [2.24, 2.45) is 11.3 Å². The smallest absolute Gasteiger partial charge is 0.169 e. The van der Waals surface area contributed by atoms with Gasteiger partial charge >= 0.3 is 0 Å². The molecular weight excluding hydrogens is 288 g/mol. The maximum atomic E-state index is 12.7. The number of carbonyl (C=O) groups is 1. The van der Waals surface area contributed by atoms with Crippen LogP contribution in [-0.4, -0.2) is 12.9 Å². The van der Waals surface area contributed by atoms with Gasteiger partial charge < -0.3 is 4.74 Å². The number of nitriles is 2. The molecule has 23 heavy (non-hydrogen) atoms. The van der Waals surface area contributed by atoms with Gasteiger partial charge in [-0.3, -0.25) is 4.79 Å². The normalized spacial score (nSPS) is 20.8. The van der Waals surface area contributed by atoms with E-state index in [9.17, 15) is 15.3 Å². The molecule has 0 amide bonds. The third-order valence-electron chi connectivity index (χ3n) is 4.39. The number of hydrogen-bond acceptors (Lipinski definition) is 4. The molecule has 2 atom stereocenters. The lowest BCUT2D eigenvalue weighted by molar-refractivity contribution is 0.0958. The molecule has 0 radical (unpaired) electrons. The summed E-state index contributed by atoms with van der Waals surface area (Å²) in [5, 5.41) is 19.0. The molecular formula is C19H14N2O2. The summed E-state index contributed by atoms with van der Waals surface area (Å²) in [6.45, 7) is 0. The van der Waals surface area contributed by atoms with Gasteiger partial charge in [0.1, 0.15) is 5.75 Å². The van der Waals surface area contributed by atoms with Crippen molar-refractivity contribution < 1.29 is 9.53 Å². The first-order valence-electron chi connectivity index (χ1n) is 7.23. The van der Waals surface area contributed by atoms with Crippen LogP contribution in [0.2, 0.25) is 0 Å². The van der Waals surface area contributed by atoms with E-state index in [0.29, 0.717) is 11.3 Å². The molecule has 0 N–H and O–H groups in total. The molecule has 1 saturated carbocycles. The fourth-order valence-corrected chi connectivity index (χ4v) is 3.10. The van der Waals surface area contributed by atoms with Gasteiger partial charge in [0.2, 0.25) is 0 Å². The number of methoxy groups -OCH3 is 1. The standard InChI is InChI=1S/C19H14N2O2/c1-23-15-9-7-13(8-10-15)16-17(19(16,11-20)12-21)18(22)14-5-3-2-4-6-14/h2-10,16-17H,1H3/t16-,17-/m0/s1. The third-order valence-corrected chi connectivity index (χ3v) is 4.39. The van der Waals surface area contributed by atoms with Crippen LogP contribution in [-0.2, 0) is 0 Å². The Hall–Kier alpha value is -3.11. The van der Waals surface area contributed by atoms with E-state index >= 15 is 0 Å². The van der Waals surface area contributed by atoms with E-state index < -0.39 is 17.3 Å². The first kappa shape index (κ1) is 14.8. The molecule has 0 saturated heterocycles. The Labute approximate surface area is 134 Å². The lowest BCUT2D eigenvalue weighted by atomic mass is 10.0. The van der Waals surface area contributed by atoms with E-state index in [1.165, 1.54) is 0 Å². The zero-order valence-corrected chi connectivity index (χ0v) is 12.6. The Balaban J connectivity index is 1.97. The lowest BCUT2D eigenvalue weighted by Gasteiger charge is -2.03. The van der Waals surface area contributed by atoms with Gasteiger partial charge in [-0.05, 0) is 17.7 Å². The van der Waals surface area contributed by atoms with Crippen molar-refractivity contribution in [2.45, 2.75) is 5.92 Å². The molecule has 112 valence electrons. The molecule has 0 spiro atoms. The Kier molecular flexibility index (Phi) is 3.60. The van der Waals surface area contributed by atoms with Gasteiger partial charge in [-0.1, -0.05) is 42.5 Å². The van der Waals surface area contributed by atoms with E-state index in [0.717, 1.165) is 5.56 Å². The molecule has 0 heterocycles. The number of ketones is 1. The zero-order chi connectivity index (χ0) is 16.4. The molecule has 0 unspecified atom stereocenters. The summed E-state index contributed by atoms with van der Waals surface area (Å²) < 4.78 is 5.12. The van der Waals surface area contributed by atoms with Crippen molar-refractivity contribution in [1.29, 1.82) is 10.5 Å². The fraction of sp³-hybridized carbons (Fsp3) is 0.211. The Bertz CT molecular complexity index is 799. The van der Waals surface area contributed by atoms with E-state index in [-0.39, 0.29) is 5.78 Å². The molecule has 0 aromatic heterocycles. The van der Waals surface area contributed by atoms with Crippen LogP contribution < -0.4 is 4.74 Å². The quantitative estimate of drug-likeness (QED) is 0.812. The van der Waals surface area contributed by atoms with Crippen molar-refractivity contribution >= 4 is 5.78 Å². The zero-order valence-electron chi connectivity index (χ0n) is 12.6. The van der Waals surface area contributed by atoms with Crippen LogP contribution in [0.5, 0.6) is 5.75 Å². The van der Waals surface area contributed by atoms with Crippen LogP contribution >= 0.6 is 0 Å². The predicted molar refractivity (Wildman–Crippen MR) is 83.7 cm³/mol. The van der Waals surface area contributed by atoms with E-state index in [2.05, 4.69) is 12.1 Å². The Morgan fingerprint density at radius 3 is 2.17 bits per heavy atom. The molecule has 4 heteroatoms. The molecule has 4 nitrogen and oxygen atoms in total. The summed E-state index contributed by atoms with van der Waals surface area (Å²) in [5.74, 6) is -0.501. The average Bonchev–Trinajstić information content (AvgIpc) is 3.31. The second-order valence-corrected chi connectivity index (χ2v) is 5.55. The minimum Gasteiger partial charge on any atom is -0.497 e. The first-order valence-corrected chi connectivity index (χ1v) is 7.23. The van der Waals surface area contributed by atoms with Gasteiger partial charge in [-0.15, -0.1) is 0 Å². The topological polar surface area (TPSA) is 73.9 Å². The van der Waals surface area contributed by atoms with Crippen molar-refractivity contribution in [3.63, 3.8) is 0 Å². The molecule has 1 fully saturated rings. The average molecular weight is 302 g/mol. The van der Waals surface area contributed by atoms with Crippen LogP contribution in [0.4, 0.5) is 0 Å². The van der Waals surface area contributed by atoms with Crippen LogP contribution in [0.25, 0.3) is 0 Å². The van der Waals surface area contributed by atoms with Crippen LogP contribution in [0.1, 0.15) is 21.8 Å². The molecule has 1 aliphatic carbocycles. The van der Waals surface area contributed by atoms with Crippen molar-refractivity contribution in [3.8, 4) is 17.9 Å². The highest BCUT2D eigenvalue weighted by Gasteiger charge is 2.70. The van der Waals surface area contributed by atoms with Gasteiger partial charge in [0.25, 0.3) is 0 Å². The molecule has 2 aromatic carbocycles. The third kappa shape index (κ3) is 2.25. The van der Waals surface area contributed by atoms with E-state index in [4.69, 9.17) is 4.74 Å². The molecule has 1 aliphatic rings. The van der Waals surface area contributed by atoms with E-state index in [1.807, 2.05) is 18.2 Å². The molecule has 2 aromatic rings. The first-order chi connectivity index (χ1) is 11.2. The summed E-state index contributed by atoms with van der Waals surface area (Å²) in [5.41, 5.74) is 0.0492. The summed E-state index contributed by atoms with van der Waals surface area (Å²) in [6.07, 6.45) is 0. The maximum Gasteiger partial charge on any atom is 0.169 e. The minimum absolute atomic E-state index is 0.158. The van der Waals surface area contributed by atoms with Gasteiger partial charge in [0, 0.05) is 11.5 Å². The maximum absolute atomic E-state index is 12.7. The van der Waals surface area contributed by atoms with Crippen LogP contribution in [0.15, 0.2) is 54.6 Å². The van der Waals surface area contributed by atoms with Crippen LogP contribution in [0.3, 0.4) is 0 Å². The number of rotatable bonds is 4. The summed E-state index contributed by atoms with van der Waals surface area (Å²) in [7, 11) is 1.57. The lowest BCUT2D eigenvalue weighted by Crippen LogP contribution is -2.08. The van der Waals surface area contributed by atoms with E-state index in [1.54, 1.807) is 43.5 Å². The Morgan fingerprint density at radius 1 is 1.04 bits per heavy atom. The SMILES string of the molecule is COc1ccc([C@H]2[C@@H](C(=O)c3ccccc3)C2(C#N)C#N)cc1. The number of carbonyl (C=O) groups excluding carboxylic acids is 1. The highest BCUT2D eigenvalue weighted by Crippen LogP contribution is 2.65. The molecule has 3 rings (SSSR count). The van der Waals surface area contributed by atoms with Crippen LogP contribution in [0, 0.1) is 34.0 Å².